The maximum atomic E-state index is 11.8. The molecule has 4 nitrogen and oxygen atoms in total. The van der Waals surface area contributed by atoms with E-state index in [1.54, 1.807) is 11.8 Å². The highest BCUT2D eigenvalue weighted by atomic mass is 32.2. The van der Waals surface area contributed by atoms with E-state index in [2.05, 4.69) is 24.1 Å². The van der Waals surface area contributed by atoms with Crippen LogP contribution in [0.1, 0.15) is 20.3 Å². The van der Waals surface area contributed by atoms with Gasteiger partial charge in [-0.05, 0) is 19.9 Å². The number of hydrogen-bond acceptors (Lipinski definition) is 5. The van der Waals surface area contributed by atoms with Crippen molar-refractivity contribution in [3.05, 3.63) is 0 Å². The van der Waals surface area contributed by atoms with Gasteiger partial charge in [0.05, 0.1) is 0 Å². The summed E-state index contributed by atoms with van der Waals surface area (Å²) in [6, 6.07) is 0.280. The lowest BCUT2D eigenvalue weighted by atomic mass is 10.2. The van der Waals surface area contributed by atoms with Crippen LogP contribution in [0, 0.1) is 0 Å². The molecule has 0 spiro atoms. The van der Waals surface area contributed by atoms with Gasteiger partial charge < -0.3 is 5.32 Å². The Bertz CT molecular complexity index is 319. The third-order valence-corrected chi connectivity index (χ3v) is 5.71. The molecule has 2 unspecified atom stereocenters. The third kappa shape index (κ3) is 4.77. The van der Waals surface area contributed by atoms with Crippen LogP contribution >= 0.6 is 11.8 Å². The Morgan fingerprint density at radius 2 is 2.24 bits per heavy atom. The Balaban J connectivity index is 2.58. The molecule has 0 amide bonds. The zero-order valence-corrected chi connectivity index (χ0v) is 12.6. The summed E-state index contributed by atoms with van der Waals surface area (Å²) in [7, 11) is -2.97. The zero-order valence-electron chi connectivity index (χ0n) is 11.0. The monoisotopic (exact) mass is 280 g/mol. The van der Waals surface area contributed by atoms with Gasteiger partial charge in [0, 0.05) is 36.9 Å². The third-order valence-electron chi connectivity index (χ3n) is 3.05. The van der Waals surface area contributed by atoms with Crippen LogP contribution in [0.3, 0.4) is 0 Å². The maximum Gasteiger partial charge on any atom is 0.164 e. The highest BCUT2D eigenvalue weighted by Crippen LogP contribution is 2.22. The minimum absolute atomic E-state index is 0.280. The number of sulfone groups is 1. The molecular weight excluding hydrogens is 256 g/mol. The molecule has 1 N–H and O–H groups in total. The summed E-state index contributed by atoms with van der Waals surface area (Å²) in [6.07, 6.45) is 2.46. The molecule has 0 aromatic rings. The predicted molar refractivity (Wildman–Crippen MR) is 75.3 cm³/mol. The first-order chi connectivity index (χ1) is 7.96. The van der Waals surface area contributed by atoms with Gasteiger partial charge in [-0.3, -0.25) is 4.90 Å². The van der Waals surface area contributed by atoms with E-state index in [0.717, 1.165) is 31.8 Å². The molecule has 6 heteroatoms. The lowest BCUT2D eigenvalue weighted by Crippen LogP contribution is -2.53. The molecule has 1 aliphatic rings. The van der Waals surface area contributed by atoms with Gasteiger partial charge in [-0.2, -0.15) is 11.8 Å². The van der Waals surface area contributed by atoms with E-state index in [1.165, 1.54) is 6.26 Å². The molecule has 1 aliphatic heterocycles. The van der Waals surface area contributed by atoms with Crippen molar-refractivity contribution in [2.75, 3.05) is 37.4 Å². The fourth-order valence-corrected chi connectivity index (χ4v) is 5.05. The van der Waals surface area contributed by atoms with Crippen LogP contribution in [0.5, 0.6) is 0 Å². The van der Waals surface area contributed by atoms with E-state index >= 15 is 0 Å². The Morgan fingerprint density at radius 1 is 1.53 bits per heavy atom. The smallest absolute Gasteiger partial charge is 0.164 e. The first-order valence-electron chi connectivity index (χ1n) is 6.20. The van der Waals surface area contributed by atoms with Gasteiger partial charge in [0.25, 0.3) is 0 Å². The van der Waals surface area contributed by atoms with Gasteiger partial charge in [0.15, 0.2) is 9.84 Å². The number of hydrogen-bond donors (Lipinski definition) is 1. The molecule has 0 saturated carbocycles. The molecule has 1 heterocycles. The van der Waals surface area contributed by atoms with Crippen molar-refractivity contribution < 1.29 is 8.42 Å². The molecule has 0 radical (unpaired) electrons. The topological polar surface area (TPSA) is 49.4 Å². The summed E-state index contributed by atoms with van der Waals surface area (Å²) in [5.41, 5.74) is 0. The molecule has 2 atom stereocenters. The first-order valence-corrected chi connectivity index (χ1v) is 9.30. The van der Waals surface area contributed by atoms with Gasteiger partial charge in [0.1, 0.15) is 5.37 Å². The Labute approximate surface area is 109 Å². The SMILES string of the molecule is CCCNCC(C)N1CCSCC1S(C)(=O)=O. The minimum Gasteiger partial charge on any atom is -0.315 e. The van der Waals surface area contributed by atoms with Crippen LogP contribution in [0.4, 0.5) is 0 Å². The Morgan fingerprint density at radius 3 is 2.82 bits per heavy atom. The van der Waals surface area contributed by atoms with Crippen LogP contribution in [0.15, 0.2) is 0 Å². The standard InChI is InChI=1S/C11H24N2O2S2/c1-4-5-12-8-10(2)13-6-7-16-9-11(13)17(3,14)15/h10-12H,4-9H2,1-3H3. The number of nitrogens with zero attached hydrogens (tertiary/aromatic N) is 1. The molecule has 1 saturated heterocycles. The Hall–Kier alpha value is 0.220. The summed E-state index contributed by atoms with van der Waals surface area (Å²) in [6.45, 7) is 6.98. The Kier molecular flexibility index (Phi) is 6.26. The molecule has 0 bridgehead atoms. The van der Waals surface area contributed by atoms with E-state index in [-0.39, 0.29) is 11.4 Å². The lowest BCUT2D eigenvalue weighted by Gasteiger charge is -2.38. The van der Waals surface area contributed by atoms with Gasteiger partial charge in [0.2, 0.25) is 0 Å². The highest BCUT2D eigenvalue weighted by Gasteiger charge is 2.33. The van der Waals surface area contributed by atoms with Crippen molar-refractivity contribution in [3.8, 4) is 0 Å². The highest BCUT2D eigenvalue weighted by molar-refractivity contribution is 8.00. The molecule has 0 aliphatic carbocycles. The van der Waals surface area contributed by atoms with Crippen LogP contribution in [0.25, 0.3) is 0 Å². The average molecular weight is 280 g/mol. The second-order valence-electron chi connectivity index (χ2n) is 4.65. The van der Waals surface area contributed by atoms with Crippen LogP contribution in [-0.4, -0.2) is 62.1 Å². The van der Waals surface area contributed by atoms with Crippen molar-refractivity contribution >= 4 is 21.6 Å². The minimum atomic E-state index is -2.97. The second-order valence-corrected chi connectivity index (χ2v) is 8.00. The van der Waals surface area contributed by atoms with E-state index in [0.29, 0.717) is 5.75 Å². The fraction of sp³-hybridized carbons (Fsp3) is 1.00. The second kappa shape index (κ2) is 6.97. The van der Waals surface area contributed by atoms with Crippen molar-refractivity contribution in [1.82, 2.24) is 10.2 Å². The molecule has 102 valence electrons. The quantitative estimate of drug-likeness (QED) is 0.729. The van der Waals surface area contributed by atoms with E-state index in [1.807, 2.05) is 0 Å². The fourth-order valence-electron chi connectivity index (χ4n) is 2.07. The maximum absolute atomic E-state index is 11.8. The lowest BCUT2D eigenvalue weighted by molar-refractivity contribution is 0.201. The van der Waals surface area contributed by atoms with Gasteiger partial charge >= 0.3 is 0 Å². The number of rotatable bonds is 6. The molecule has 0 aromatic carbocycles. The summed E-state index contributed by atoms with van der Waals surface area (Å²) in [5, 5.41) is 3.05. The van der Waals surface area contributed by atoms with E-state index in [4.69, 9.17) is 0 Å². The van der Waals surface area contributed by atoms with Crippen molar-refractivity contribution in [3.63, 3.8) is 0 Å². The van der Waals surface area contributed by atoms with Crippen molar-refractivity contribution in [2.45, 2.75) is 31.7 Å². The van der Waals surface area contributed by atoms with E-state index in [9.17, 15) is 8.42 Å². The van der Waals surface area contributed by atoms with Crippen molar-refractivity contribution in [2.24, 2.45) is 0 Å². The molecule has 0 aromatic heterocycles. The van der Waals surface area contributed by atoms with Crippen LogP contribution in [0.2, 0.25) is 0 Å². The van der Waals surface area contributed by atoms with Gasteiger partial charge in [-0.25, -0.2) is 8.42 Å². The van der Waals surface area contributed by atoms with Gasteiger partial charge in [-0.15, -0.1) is 0 Å². The zero-order chi connectivity index (χ0) is 12.9. The van der Waals surface area contributed by atoms with Gasteiger partial charge in [-0.1, -0.05) is 6.92 Å². The van der Waals surface area contributed by atoms with Crippen molar-refractivity contribution in [1.29, 1.82) is 0 Å². The van der Waals surface area contributed by atoms with Crippen LogP contribution in [-0.2, 0) is 9.84 Å². The molecule has 1 rings (SSSR count). The average Bonchev–Trinajstić information content (AvgIpc) is 2.28. The predicted octanol–water partition coefficient (Wildman–Crippen LogP) is 0.794. The molecular formula is C11H24N2O2S2. The number of nitrogens with one attached hydrogen (secondary N) is 1. The summed E-state index contributed by atoms with van der Waals surface area (Å²) in [4.78, 5) is 2.13. The molecule has 1 fully saturated rings. The number of thioether (sulfide) groups is 1. The van der Waals surface area contributed by atoms with E-state index < -0.39 is 9.84 Å². The summed E-state index contributed by atoms with van der Waals surface area (Å²) in [5.74, 6) is 1.74. The van der Waals surface area contributed by atoms with Crippen LogP contribution < -0.4 is 5.32 Å². The summed E-state index contributed by atoms with van der Waals surface area (Å²) < 4.78 is 23.5. The molecule has 17 heavy (non-hydrogen) atoms. The first kappa shape index (κ1) is 15.3. The normalized spacial score (nSPS) is 24.8. The summed E-state index contributed by atoms with van der Waals surface area (Å²) >= 11 is 1.74. The largest absolute Gasteiger partial charge is 0.315 e.